The first kappa shape index (κ1) is 10.2. The fourth-order valence-electron chi connectivity index (χ4n) is 0.268. The van der Waals surface area contributed by atoms with E-state index in [1.165, 1.54) is 0 Å². The van der Waals surface area contributed by atoms with Crippen LogP contribution in [0.2, 0.25) is 0 Å². The van der Waals surface area contributed by atoms with Crippen LogP contribution >= 0.6 is 0 Å². The Morgan fingerprint density at radius 2 is 1.27 bits per heavy atom. The normalized spacial score (nSPS) is 30.2. The monoisotopic (exact) mass is 162 g/mol. The highest BCUT2D eigenvalue weighted by Crippen LogP contribution is 2.02. The summed E-state index contributed by atoms with van der Waals surface area (Å²) >= 11 is 0. The Hall–Kier alpha value is -0.780. The van der Waals surface area contributed by atoms with Crippen molar-refractivity contribution in [2.45, 2.75) is 12.2 Å². The Morgan fingerprint density at radius 1 is 1.00 bits per heavy atom. The lowest BCUT2D eigenvalue weighted by atomic mass is 10.6. The van der Waals surface area contributed by atoms with Gasteiger partial charge in [-0.1, -0.05) is 0 Å². The van der Waals surface area contributed by atoms with Crippen molar-refractivity contribution in [3.8, 4) is 0 Å². The first-order chi connectivity index (χ1) is 4.86. The number of carbonyl (C=O) groups excluding carboxylic acids is 2. The van der Waals surface area contributed by atoms with Crippen LogP contribution in [-0.2, 0) is 19.1 Å². The van der Waals surface area contributed by atoms with Crippen LogP contribution in [0.15, 0.2) is 0 Å². The second kappa shape index (κ2) is 4.95. The summed E-state index contributed by atoms with van der Waals surface area (Å²) in [7, 11) is 0. The van der Waals surface area contributed by atoms with E-state index in [1.807, 2.05) is 0 Å². The molecule has 0 amide bonds. The number of carbonyl (C=O) groups is 2. The number of ether oxygens (including phenoxy) is 2. The highest BCUT2D eigenvalue weighted by Gasteiger charge is 2.20. The molecule has 0 aromatic rings. The molecule has 2 unspecified atom stereocenters. The van der Waals surface area contributed by atoms with Crippen LogP contribution in [0.3, 0.4) is 0 Å². The first-order valence-electron chi connectivity index (χ1n) is 3.00. The molecule has 0 spiro atoms. The number of hydrogen-bond donors (Lipinski definition) is 0. The molecule has 2 fully saturated rings. The van der Waals surface area contributed by atoms with Gasteiger partial charge in [0.05, 0.1) is 13.2 Å². The van der Waals surface area contributed by atoms with Gasteiger partial charge in [-0.15, -0.1) is 0 Å². The molecular weight excluding hydrogens is 152 g/mol. The Morgan fingerprint density at radius 3 is 1.27 bits per heavy atom. The lowest BCUT2D eigenvalue weighted by Crippen LogP contribution is -1.79. The minimum absolute atomic E-state index is 0. The Balaban J connectivity index is 0.000000167. The van der Waals surface area contributed by atoms with Crippen LogP contribution in [0.25, 0.3) is 0 Å². The molecule has 5 nitrogen and oxygen atoms in total. The van der Waals surface area contributed by atoms with Crippen LogP contribution in [0.4, 0.5) is 0 Å². The van der Waals surface area contributed by atoms with Crippen molar-refractivity contribution in [2.24, 2.45) is 0 Å². The zero-order valence-corrected chi connectivity index (χ0v) is 5.86. The maximum absolute atomic E-state index is 9.44. The van der Waals surface area contributed by atoms with E-state index in [0.717, 1.165) is 12.6 Å². The quantitative estimate of drug-likeness (QED) is 0.359. The number of aldehydes is 2. The van der Waals surface area contributed by atoms with E-state index in [1.54, 1.807) is 0 Å². The van der Waals surface area contributed by atoms with Crippen molar-refractivity contribution < 1.29 is 24.5 Å². The molecular formula is C6H10O5. The van der Waals surface area contributed by atoms with Gasteiger partial charge < -0.3 is 24.5 Å². The lowest BCUT2D eigenvalue weighted by molar-refractivity contribution is -0.109. The van der Waals surface area contributed by atoms with E-state index in [2.05, 4.69) is 9.47 Å². The zero-order valence-electron chi connectivity index (χ0n) is 5.86. The van der Waals surface area contributed by atoms with Crippen LogP contribution < -0.4 is 0 Å². The van der Waals surface area contributed by atoms with Crippen molar-refractivity contribution in [1.29, 1.82) is 0 Å². The van der Waals surface area contributed by atoms with Gasteiger partial charge in [-0.25, -0.2) is 0 Å². The van der Waals surface area contributed by atoms with Gasteiger partial charge in [-0.2, -0.15) is 0 Å². The van der Waals surface area contributed by atoms with Crippen molar-refractivity contribution >= 4 is 12.6 Å². The molecule has 11 heavy (non-hydrogen) atoms. The Bertz CT molecular complexity index is 111. The van der Waals surface area contributed by atoms with Gasteiger partial charge in [0.15, 0.2) is 12.6 Å². The van der Waals surface area contributed by atoms with Crippen molar-refractivity contribution in [3.63, 3.8) is 0 Å². The molecule has 0 saturated carbocycles. The number of hydrogen-bond acceptors (Lipinski definition) is 4. The molecule has 0 aromatic heterocycles. The van der Waals surface area contributed by atoms with E-state index in [-0.39, 0.29) is 17.7 Å². The summed E-state index contributed by atoms with van der Waals surface area (Å²) in [6.45, 7) is 1.28. The fraction of sp³-hybridized carbons (Fsp3) is 0.667. The van der Waals surface area contributed by atoms with E-state index in [0.29, 0.717) is 13.2 Å². The maximum Gasteiger partial charge on any atom is 0.151 e. The molecule has 0 aromatic carbocycles. The molecule has 64 valence electrons. The lowest BCUT2D eigenvalue weighted by Gasteiger charge is -1.53. The first-order valence-corrected chi connectivity index (χ1v) is 3.00. The molecule has 2 heterocycles. The second-order valence-corrected chi connectivity index (χ2v) is 2.02. The van der Waals surface area contributed by atoms with Crippen molar-refractivity contribution in [2.75, 3.05) is 13.2 Å². The van der Waals surface area contributed by atoms with Crippen LogP contribution in [0.5, 0.6) is 0 Å². The molecule has 2 saturated heterocycles. The van der Waals surface area contributed by atoms with Gasteiger partial charge in [0, 0.05) is 0 Å². The minimum Gasteiger partial charge on any atom is -0.412 e. The smallest absolute Gasteiger partial charge is 0.151 e. The van der Waals surface area contributed by atoms with Gasteiger partial charge in [0.2, 0.25) is 0 Å². The van der Waals surface area contributed by atoms with Gasteiger partial charge in [-0.05, 0) is 0 Å². The molecule has 2 rings (SSSR count). The fourth-order valence-corrected chi connectivity index (χ4v) is 0.268. The molecule has 0 bridgehead atoms. The van der Waals surface area contributed by atoms with E-state index in [9.17, 15) is 9.59 Å². The maximum atomic E-state index is 9.44. The molecule has 0 aliphatic carbocycles. The summed E-state index contributed by atoms with van der Waals surface area (Å²) in [6.07, 6.45) is 1.52. The van der Waals surface area contributed by atoms with E-state index >= 15 is 0 Å². The average Bonchev–Trinajstić information content (AvgIpc) is 2.86. The molecule has 2 aliphatic heterocycles. The van der Waals surface area contributed by atoms with Gasteiger partial charge >= 0.3 is 0 Å². The highest BCUT2D eigenvalue weighted by atomic mass is 16.6. The van der Waals surface area contributed by atoms with Gasteiger partial charge in [0.25, 0.3) is 0 Å². The van der Waals surface area contributed by atoms with Crippen molar-refractivity contribution in [3.05, 3.63) is 0 Å². The highest BCUT2D eigenvalue weighted by molar-refractivity contribution is 5.59. The standard InChI is InChI=1S/2C3H4O2.H2O/c2*4-1-3-2-5-3;/h2*1,3H,2H2;1H2. The number of rotatable bonds is 2. The summed E-state index contributed by atoms with van der Waals surface area (Å²) < 4.78 is 8.98. The topological polar surface area (TPSA) is 90.7 Å². The second-order valence-electron chi connectivity index (χ2n) is 2.02. The summed E-state index contributed by atoms with van der Waals surface area (Å²) in [5, 5.41) is 0. The molecule has 2 atom stereocenters. The Kier molecular flexibility index (Phi) is 4.60. The van der Waals surface area contributed by atoms with Crippen LogP contribution in [0, 0.1) is 0 Å². The zero-order chi connectivity index (χ0) is 7.40. The molecule has 5 heteroatoms. The van der Waals surface area contributed by atoms with Gasteiger partial charge in [0.1, 0.15) is 12.2 Å². The average molecular weight is 162 g/mol. The van der Waals surface area contributed by atoms with Crippen LogP contribution in [-0.4, -0.2) is 43.5 Å². The molecule has 2 N–H and O–H groups in total. The van der Waals surface area contributed by atoms with E-state index < -0.39 is 0 Å². The summed E-state index contributed by atoms with van der Waals surface area (Å²) in [5.41, 5.74) is 0. The minimum atomic E-state index is -0.0463. The van der Waals surface area contributed by atoms with Gasteiger partial charge in [-0.3, -0.25) is 0 Å². The third kappa shape index (κ3) is 5.65. The molecule has 0 radical (unpaired) electrons. The SMILES string of the molecule is O.O=CC1CO1.O=CC1CO1. The third-order valence-corrected chi connectivity index (χ3v) is 1.02. The van der Waals surface area contributed by atoms with Crippen LogP contribution in [0.1, 0.15) is 0 Å². The van der Waals surface area contributed by atoms with Crippen molar-refractivity contribution in [1.82, 2.24) is 0 Å². The summed E-state index contributed by atoms with van der Waals surface area (Å²) in [5.74, 6) is 0. The number of epoxide rings is 2. The largest absolute Gasteiger partial charge is 0.412 e. The predicted molar refractivity (Wildman–Crippen MR) is 35.2 cm³/mol. The third-order valence-electron chi connectivity index (χ3n) is 1.02. The summed E-state index contributed by atoms with van der Waals surface area (Å²) in [6, 6.07) is 0. The molecule has 2 aliphatic rings. The predicted octanol–water partition coefficient (Wildman–Crippen LogP) is -1.66. The Labute approximate surface area is 63.6 Å². The summed E-state index contributed by atoms with van der Waals surface area (Å²) in [4.78, 5) is 18.9. The van der Waals surface area contributed by atoms with E-state index in [4.69, 9.17) is 0 Å².